The molecule has 0 radical (unpaired) electrons. The van der Waals surface area contributed by atoms with Gasteiger partial charge in [0.15, 0.2) is 5.17 Å². The molecule has 5 nitrogen and oxygen atoms in total. The molecule has 3 aromatic rings. The number of aromatic amines is 1. The van der Waals surface area contributed by atoms with E-state index in [1.807, 2.05) is 13.0 Å². The van der Waals surface area contributed by atoms with Crippen LogP contribution in [0.3, 0.4) is 0 Å². The molecule has 0 saturated heterocycles. The fourth-order valence-corrected chi connectivity index (χ4v) is 6.69. The molecule has 1 aromatic heterocycles. The van der Waals surface area contributed by atoms with Crippen molar-refractivity contribution < 1.29 is 4.79 Å². The number of aliphatic imine (C=N–C) groups is 1. The van der Waals surface area contributed by atoms with Gasteiger partial charge in [0.2, 0.25) is 0 Å². The van der Waals surface area contributed by atoms with E-state index < -0.39 is 0 Å². The Labute approximate surface area is 229 Å². The van der Waals surface area contributed by atoms with Gasteiger partial charge in [-0.15, -0.1) is 0 Å². The topological polar surface area (TPSA) is 84.1 Å². The van der Waals surface area contributed by atoms with Crippen molar-refractivity contribution in [2.45, 2.75) is 63.5 Å². The normalized spacial score (nSPS) is 22.6. The number of benzene rings is 2. The second-order valence-corrected chi connectivity index (χ2v) is 11.5. The van der Waals surface area contributed by atoms with Crippen LogP contribution in [0.15, 0.2) is 65.7 Å². The van der Waals surface area contributed by atoms with Crippen LogP contribution in [0.1, 0.15) is 63.9 Å². The van der Waals surface area contributed by atoms with Crippen LogP contribution in [-0.2, 0) is 4.79 Å². The molecule has 196 valence electrons. The lowest BCUT2D eigenvalue weighted by Gasteiger charge is -2.31. The van der Waals surface area contributed by atoms with Gasteiger partial charge in [0.1, 0.15) is 5.82 Å². The molecular weight excluding hydrogens is 488 g/mol. The molecule has 1 atom stereocenters. The van der Waals surface area contributed by atoms with E-state index in [-0.39, 0.29) is 11.2 Å². The number of thioether (sulfide) groups is 1. The third kappa shape index (κ3) is 5.70. The highest BCUT2D eigenvalue weighted by Gasteiger charge is 2.36. The van der Waals surface area contributed by atoms with Gasteiger partial charge in [-0.3, -0.25) is 4.79 Å². The van der Waals surface area contributed by atoms with E-state index in [1.165, 1.54) is 28.5 Å². The minimum Gasteiger partial charge on any atom is -0.378 e. The molecule has 3 N–H and O–H groups in total. The van der Waals surface area contributed by atoms with Crippen LogP contribution in [-0.4, -0.2) is 26.3 Å². The first-order valence-corrected chi connectivity index (χ1v) is 14.5. The molecule has 38 heavy (non-hydrogen) atoms. The Morgan fingerprint density at radius 2 is 1.68 bits per heavy atom. The third-order valence-corrected chi connectivity index (χ3v) is 8.91. The monoisotopic (exact) mass is 524 g/mol. The summed E-state index contributed by atoms with van der Waals surface area (Å²) in [6, 6.07) is 17.6. The first kappa shape index (κ1) is 26.2. The van der Waals surface area contributed by atoms with Crippen molar-refractivity contribution in [2.75, 3.05) is 0 Å². The fourth-order valence-electron chi connectivity index (χ4n) is 5.66. The smallest absolute Gasteiger partial charge is 0.261 e. The summed E-state index contributed by atoms with van der Waals surface area (Å²) in [4.78, 5) is 24.3. The lowest BCUT2D eigenvalue weighted by molar-refractivity contribution is -0.118. The number of nitrogens with zero attached hydrogens (tertiary/aromatic N) is 2. The number of rotatable bonds is 7. The molecule has 1 amide bonds. The molecule has 1 aliphatic carbocycles. The second-order valence-electron chi connectivity index (χ2n) is 10.4. The molecule has 1 fully saturated rings. The maximum atomic E-state index is 12.1. The van der Waals surface area contributed by atoms with Crippen LogP contribution in [0.4, 0.5) is 0 Å². The SMILES string of the molecule is C=C(/C=c1/[nH]c(-c2ccc(-c3ccc(C4CCC(C5SC(N)=NC5=O)CC4)cc3)cc2)n/c1=C/C)CCC. The maximum Gasteiger partial charge on any atom is 0.261 e. The third-order valence-electron chi connectivity index (χ3n) is 7.74. The first-order valence-electron chi connectivity index (χ1n) is 13.6. The minimum absolute atomic E-state index is 0.0424. The Kier molecular flexibility index (Phi) is 7.98. The van der Waals surface area contributed by atoms with Crippen LogP contribution in [0.25, 0.3) is 34.7 Å². The summed E-state index contributed by atoms with van der Waals surface area (Å²) < 4.78 is 0. The Morgan fingerprint density at radius 1 is 1.05 bits per heavy atom. The van der Waals surface area contributed by atoms with E-state index in [2.05, 4.69) is 78.1 Å². The van der Waals surface area contributed by atoms with Gasteiger partial charge in [-0.1, -0.05) is 91.9 Å². The summed E-state index contributed by atoms with van der Waals surface area (Å²) in [6.07, 6.45) is 10.5. The Balaban J connectivity index is 1.24. The predicted molar refractivity (Wildman–Crippen MR) is 160 cm³/mol. The van der Waals surface area contributed by atoms with Crippen molar-refractivity contribution in [3.63, 3.8) is 0 Å². The number of hydrogen-bond donors (Lipinski definition) is 2. The Hall–Kier alpha value is -3.38. The van der Waals surface area contributed by atoms with Gasteiger partial charge in [-0.25, -0.2) is 4.98 Å². The quantitative estimate of drug-likeness (QED) is 0.402. The van der Waals surface area contributed by atoms with Crippen molar-refractivity contribution in [3.8, 4) is 22.5 Å². The van der Waals surface area contributed by atoms with E-state index in [0.29, 0.717) is 17.0 Å². The van der Waals surface area contributed by atoms with Gasteiger partial charge >= 0.3 is 0 Å². The van der Waals surface area contributed by atoms with Crippen molar-refractivity contribution in [1.29, 1.82) is 0 Å². The predicted octanol–water partition coefficient (Wildman–Crippen LogP) is 5.91. The number of H-pyrrole nitrogens is 1. The number of hydrogen-bond acceptors (Lipinski definition) is 4. The summed E-state index contributed by atoms with van der Waals surface area (Å²) in [7, 11) is 0. The number of carbonyl (C=O) groups is 1. The largest absolute Gasteiger partial charge is 0.378 e. The number of amides is 1. The van der Waals surface area contributed by atoms with Gasteiger partial charge in [-0.2, -0.15) is 4.99 Å². The van der Waals surface area contributed by atoms with Crippen LogP contribution in [0.2, 0.25) is 0 Å². The minimum atomic E-state index is -0.0700. The van der Waals surface area contributed by atoms with E-state index in [9.17, 15) is 4.79 Å². The van der Waals surface area contributed by atoms with Gasteiger partial charge < -0.3 is 10.7 Å². The summed E-state index contributed by atoms with van der Waals surface area (Å²) in [5.74, 6) is 1.76. The van der Waals surface area contributed by atoms with Gasteiger partial charge in [-0.05, 0) is 73.6 Å². The Bertz CT molecular complexity index is 1460. The average molecular weight is 525 g/mol. The molecule has 1 aliphatic heterocycles. The lowest BCUT2D eigenvalue weighted by atomic mass is 9.77. The number of amidine groups is 1. The molecule has 0 bridgehead atoms. The molecule has 6 heteroatoms. The van der Waals surface area contributed by atoms with E-state index in [1.54, 1.807) is 0 Å². The lowest BCUT2D eigenvalue weighted by Crippen LogP contribution is -2.27. The second kappa shape index (κ2) is 11.6. The molecule has 1 unspecified atom stereocenters. The van der Waals surface area contributed by atoms with Crippen LogP contribution >= 0.6 is 11.8 Å². The summed E-state index contributed by atoms with van der Waals surface area (Å²) in [5.41, 5.74) is 11.7. The van der Waals surface area contributed by atoms with Crippen molar-refractivity contribution >= 4 is 35.0 Å². The van der Waals surface area contributed by atoms with Crippen LogP contribution in [0.5, 0.6) is 0 Å². The van der Waals surface area contributed by atoms with Crippen molar-refractivity contribution in [2.24, 2.45) is 16.6 Å². The molecule has 2 aliphatic rings. The maximum absolute atomic E-state index is 12.1. The molecule has 0 spiro atoms. The van der Waals surface area contributed by atoms with Gasteiger partial charge in [0, 0.05) is 5.56 Å². The summed E-state index contributed by atoms with van der Waals surface area (Å²) in [5, 5.41) is 2.33. The number of nitrogens with one attached hydrogen (secondary N) is 1. The van der Waals surface area contributed by atoms with Gasteiger partial charge in [0.25, 0.3) is 5.91 Å². The zero-order valence-electron chi connectivity index (χ0n) is 22.2. The van der Waals surface area contributed by atoms with Crippen molar-refractivity contribution in [3.05, 3.63) is 76.9 Å². The molecule has 5 rings (SSSR count). The number of aromatic nitrogens is 2. The van der Waals surface area contributed by atoms with E-state index in [4.69, 9.17) is 10.7 Å². The standard InChI is InChI=1S/C32H36N4OS/c1-4-6-20(3)19-28-27(5-2)34-30(35-28)26-17-13-24(14-18-26)22-9-7-21(8-10-22)23-11-15-25(16-12-23)29-31(37)36-32(33)38-29/h5,7-10,13-14,17-19,23,25,29H,3-4,6,11-12,15-16H2,1-2H3,(H,34,35)(H2,33,36,37)/b27-5+,28-19+. The zero-order valence-corrected chi connectivity index (χ0v) is 23.1. The number of imidazole rings is 1. The first-order chi connectivity index (χ1) is 18.4. The summed E-state index contributed by atoms with van der Waals surface area (Å²) in [6.45, 7) is 8.34. The molecule has 2 aromatic carbocycles. The fraction of sp³-hybridized carbons (Fsp3) is 0.344. The number of nitrogens with two attached hydrogens (primary N) is 1. The van der Waals surface area contributed by atoms with Crippen molar-refractivity contribution in [1.82, 2.24) is 9.97 Å². The number of carbonyl (C=O) groups excluding carboxylic acids is 1. The number of allylic oxidation sites excluding steroid dienone is 1. The van der Waals surface area contributed by atoms with Crippen LogP contribution < -0.4 is 16.4 Å². The summed E-state index contributed by atoms with van der Waals surface area (Å²) >= 11 is 1.45. The van der Waals surface area contributed by atoms with Gasteiger partial charge in [0.05, 0.1) is 15.9 Å². The van der Waals surface area contributed by atoms with Crippen LogP contribution in [0, 0.1) is 5.92 Å². The van der Waals surface area contributed by atoms with E-state index >= 15 is 0 Å². The highest BCUT2D eigenvalue weighted by atomic mass is 32.2. The van der Waals surface area contributed by atoms with E-state index in [0.717, 1.165) is 66.2 Å². The highest BCUT2D eigenvalue weighted by Crippen LogP contribution is 2.42. The average Bonchev–Trinajstić information content (AvgIpc) is 3.50. The molecule has 2 heterocycles. The Morgan fingerprint density at radius 3 is 2.26 bits per heavy atom. The molecule has 1 saturated carbocycles. The zero-order chi connectivity index (χ0) is 26.6. The highest BCUT2D eigenvalue weighted by molar-refractivity contribution is 8.15. The molecular formula is C32H36N4OS.